The highest BCUT2D eigenvalue weighted by atomic mass is 35.5. The Morgan fingerprint density at radius 3 is 2.39 bits per heavy atom. The highest BCUT2D eigenvalue weighted by Crippen LogP contribution is 2.23. The summed E-state index contributed by atoms with van der Waals surface area (Å²) in [6, 6.07) is 16.6. The second kappa shape index (κ2) is 6.01. The van der Waals surface area contributed by atoms with Crippen molar-refractivity contribution in [2.45, 2.75) is 6.54 Å². The van der Waals surface area contributed by atoms with E-state index in [0.29, 0.717) is 6.54 Å². The molecule has 0 amide bonds. The average Bonchev–Trinajstić information content (AvgIpc) is 2.38. The number of fused-ring (bicyclic) bond motifs is 3. The molecule has 0 unspecified atom stereocenters. The molecule has 0 spiro atoms. The topological polar surface area (TPSA) is 38.9 Å². The number of hydrogen-bond acceptors (Lipinski definition) is 2. The van der Waals surface area contributed by atoms with Gasteiger partial charge >= 0.3 is 0 Å². The van der Waals surface area contributed by atoms with E-state index < -0.39 is 0 Å². The molecule has 0 radical (unpaired) electrons. The Labute approximate surface area is 118 Å². The van der Waals surface area contributed by atoms with Crippen LogP contribution in [0.1, 0.15) is 5.69 Å². The number of rotatable bonds is 1. The molecule has 94 valence electrons. The van der Waals surface area contributed by atoms with Crippen molar-refractivity contribution in [2.24, 2.45) is 5.73 Å². The zero-order chi connectivity index (χ0) is 11.0. The minimum atomic E-state index is 0. The van der Waals surface area contributed by atoms with E-state index in [9.17, 15) is 0 Å². The summed E-state index contributed by atoms with van der Waals surface area (Å²) in [4.78, 5) is 4.52. The van der Waals surface area contributed by atoms with Crippen LogP contribution in [0, 0.1) is 0 Å². The molecule has 4 heteroatoms. The van der Waals surface area contributed by atoms with Gasteiger partial charge in [-0.15, -0.1) is 24.8 Å². The molecule has 0 aliphatic rings. The summed E-state index contributed by atoms with van der Waals surface area (Å²) in [7, 11) is 0. The molecule has 0 aliphatic carbocycles. The van der Waals surface area contributed by atoms with Gasteiger partial charge in [-0.05, 0) is 22.9 Å². The molecule has 0 saturated heterocycles. The molecule has 0 atom stereocenters. The van der Waals surface area contributed by atoms with Crippen LogP contribution in [0.5, 0.6) is 0 Å². The van der Waals surface area contributed by atoms with Gasteiger partial charge in [0.25, 0.3) is 0 Å². The maximum absolute atomic E-state index is 5.59. The Bertz CT molecular complexity index is 668. The summed E-state index contributed by atoms with van der Waals surface area (Å²) >= 11 is 0. The Hall–Kier alpha value is -1.35. The van der Waals surface area contributed by atoms with Gasteiger partial charge in [-0.3, -0.25) is 4.98 Å². The van der Waals surface area contributed by atoms with Crippen molar-refractivity contribution < 1.29 is 0 Å². The van der Waals surface area contributed by atoms with Gasteiger partial charge in [0.05, 0.1) is 11.2 Å². The molecule has 1 aromatic heterocycles. The van der Waals surface area contributed by atoms with Crippen LogP contribution in [0.25, 0.3) is 21.7 Å². The standard InChI is InChI=1S/C14H12N2.2ClH/c15-9-11-6-7-13-12-4-2-1-3-10(12)5-8-14(13)16-11;;/h1-8H,9,15H2;2*1H. The Balaban J connectivity index is 0.000000810. The van der Waals surface area contributed by atoms with Crippen LogP contribution >= 0.6 is 24.8 Å². The van der Waals surface area contributed by atoms with E-state index in [1.165, 1.54) is 16.2 Å². The molecule has 3 aromatic rings. The molecule has 0 fully saturated rings. The molecular formula is C14H14Cl2N2. The second-order valence-corrected chi connectivity index (χ2v) is 3.86. The molecule has 1 heterocycles. The van der Waals surface area contributed by atoms with Crippen LogP contribution in [-0.2, 0) is 6.54 Å². The molecule has 2 aromatic carbocycles. The second-order valence-electron chi connectivity index (χ2n) is 3.86. The monoisotopic (exact) mass is 280 g/mol. The highest BCUT2D eigenvalue weighted by molar-refractivity contribution is 6.05. The molecule has 0 bridgehead atoms. The molecule has 0 aliphatic heterocycles. The molecule has 18 heavy (non-hydrogen) atoms. The molecular weight excluding hydrogens is 267 g/mol. The van der Waals surface area contributed by atoms with Gasteiger partial charge in [0.1, 0.15) is 0 Å². The number of benzene rings is 2. The largest absolute Gasteiger partial charge is 0.325 e. The lowest BCUT2D eigenvalue weighted by Gasteiger charge is -2.04. The molecule has 3 rings (SSSR count). The maximum Gasteiger partial charge on any atom is 0.0712 e. The first-order valence-electron chi connectivity index (χ1n) is 5.36. The van der Waals surface area contributed by atoms with Crippen LogP contribution in [0.15, 0.2) is 48.5 Å². The van der Waals surface area contributed by atoms with Crippen molar-refractivity contribution in [3.63, 3.8) is 0 Å². The first kappa shape index (κ1) is 14.7. The van der Waals surface area contributed by atoms with E-state index in [4.69, 9.17) is 5.73 Å². The van der Waals surface area contributed by atoms with Crippen molar-refractivity contribution >= 4 is 46.5 Å². The lowest BCUT2D eigenvalue weighted by atomic mass is 10.1. The van der Waals surface area contributed by atoms with Crippen LogP contribution in [0.4, 0.5) is 0 Å². The normalized spacial score (nSPS) is 9.83. The van der Waals surface area contributed by atoms with Crippen LogP contribution in [0.3, 0.4) is 0 Å². The van der Waals surface area contributed by atoms with Crippen molar-refractivity contribution in [3.05, 3.63) is 54.2 Å². The lowest BCUT2D eigenvalue weighted by molar-refractivity contribution is 1.01. The van der Waals surface area contributed by atoms with Crippen molar-refractivity contribution in [1.82, 2.24) is 4.98 Å². The van der Waals surface area contributed by atoms with E-state index in [0.717, 1.165) is 11.2 Å². The highest BCUT2D eigenvalue weighted by Gasteiger charge is 2.01. The predicted octanol–water partition coefficient (Wildman–Crippen LogP) is 3.69. The summed E-state index contributed by atoms with van der Waals surface area (Å²) in [6.45, 7) is 0.489. The maximum atomic E-state index is 5.59. The van der Waals surface area contributed by atoms with Gasteiger partial charge in [-0.2, -0.15) is 0 Å². The van der Waals surface area contributed by atoms with Gasteiger partial charge < -0.3 is 5.73 Å². The SMILES string of the molecule is Cl.Cl.NCc1ccc2c(ccc3ccccc32)n1. The van der Waals surface area contributed by atoms with Crippen molar-refractivity contribution in [1.29, 1.82) is 0 Å². The number of halogens is 2. The predicted molar refractivity (Wildman–Crippen MR) is 81.6 cm³/mol. The Morgan fingerprint density at radius 1 is 0.833 bits per heavy atom. The van der Waals surface area contributed by atoms with Crippen molar-refractivity contribution in [2.75, 3.05) is 0 Å². The van der Waals surface area contributed by atoms with E-state index in [-0.39, 0.29) is 24.8 Å². The number of pyridine rings is 1. The van der Waals surface area contributed by atoms with Gasteiger partial charge in [-0.25, -0.2) is 0 Å². The average molecular weight is 281 g/mol. The third-order valence-corrected chi connectivity index (χ3v) is 2.86. The number of aromatic nitrogens is 1. The minimum Gasteiger partial charge on any atom is -0.325 e. The quantitative estimate of drug-likeness (QED) is 0.691. The fourth-order valence-electron chi connectivity index (χ4n) is 2.04. The number of nitrogens with zero attached hydrogens (tertiary/aromatic N) is 1. The van der Waals surface area contributed by atoms with Gasteiger partial charge in [-0.1, -0.05) is 36.4 Å². The molecule has 2 N–H and O–H groups in total. The summed E-state index contributed by atoms with van der Waals surface area (Å²) in [5.74, 6) is 0. The van der Waals surface area contributed by atoms with E-state index in [1.54, 1.807) is 0 Å². The number of hydrogen-bond donors (Lipinski definition) is 1. The zero-order valence-electron chi connectivity index (χ0n) is 9.67. The first-order chi connectivity index (χ1) is 7.88. The van der Waals surface area contributed by atoms with Gasteiger partial charge in [0.2, 0.25) is 0 Å². The van der Waals surface area contributed by atoms with E-state index >= 15 is 0 Å². The van der Waals surface area contributed by atoms with Gasteiger partial charge in [0.15, 0.2) is 0 Å². The fraction of sp³-hybridized carbons (Fsp3) is 0.0714. The van der Waals surface area contributed by atoms with Crippen LogP contribution in [-0.4, -0.2) is 4.98 Å². The summed E-state index contributed by atoms with van der Waals surface area (Å²) in [5.41, 5.74) is 7.54. The third-order valence-electron chi connectivity index (χ3n) is 2.86. The smallest absolute Gasteiger partial charge is 0.0712 e. The van der Waals surface area contributed by atoms with Crippen LogP contribution < -0.4 is 5.73 Å². The zero-order valence-corrected chi connectivity index (χ0v) is 11.3. The van der Waals surface area contributed by atoms with Gasteiger partial charge in [0, 0.05) is 11.9 Å². The lowest BCUT2D eigenvalue weighted by Crippen LogP contribution is -1.99. The summed E-state index contributed by atoms with van der Waals surface area (Å²) in [5, 5.41) is 3.68. The number of nitrogens with two attached hydrogens (primary N) is 1. The minimum absolute atomic E-state index is 0. The van der Waals surface area contributed by atoms with E-state index in [2.05, 4.69) is 47.4 Å². The van der Waals surface area contributed by atoms with Crippen molar-refractivity contribution in [3.8, 4) is 0 Å². The first-order valence-corrected chi connectivity index (χ1v) is 5.36. The Kier molecular flexibility index (Phi) is 4.91. The van der Waals surface area contributed by atoms with E-state index in [1.807, 2.05) is 6.07 Å². The third kappa shape index (κ3) is 2.41. The Morgan fingerprint density at radius 2 is 1.61 bits per heavy atom. The fourth-order valence-corrected chi connectivity index (χ4v) is 2.04. The molecule has 0 saturated carbocycles. The summed E-state index contributed by atoms with van der Waals surface area (Å²) < 4.78 is 0. The summed E-state index contributed by atoms with van der Waals surface area (Å²) in [6.07, 6.45) is 0. The molecule has 2 nitrogen and oxygen atoms in total. The van der Waals surface area contributed by atoms with Crippen LogP contribution in [0.2, 0.25) is 0 Å².